The summed E-state index contributed by atoms with van der Waals surface area (Å²) in [4.78, 5) is 14.8. The molecule has 0 aromatic heterocycles. The Balaban J connectivity index is 1.65. The summed E-state index contributed by atoms with van der Waals surface area (Å²) in [5.74, 6) is 0.902. The van der Waals surface area contributed by atoms with Crippen LogP contribution in [0, 0.1) is 10.1 Å². The molecule has 6 nitrogen and oxygen atoms in total. The van der Waals surface area contributed by atoms with Gasteiger partial charge in [-0.15, -0.1) is 0 Å². The van der Waals surface area contributed by atoms with Crippen molar-refractivity contribution in [2.45, 2.75) is 13.2 Å². The molecule has 0 amide bonds. The summed E-state index contributed by atoms with van der Waals surface area (Å²) in [6.45, 7) is 2.41. The van der Waals surface area contributed by atoms with Gasteiger partial charge in [-0.25, -0.2) is 0 Å². The summed E-state index contributed by atoms with van der Waals surface area (Å²) in [5.41, 5.74) is 2.96. The van der Waals surface area contributed by atoms with Crippen molar-refractivity contribution in [2.24, 2.45) is 4.99 Å². The lowest BCUT2D eigenvalue weighted by molar-refractivity contribution is -0.384. The fourth-order valence-corrected chi connectivity index (χ4v) is 2.49. The van der Waals surface area contributed by atoms with Gasteiger partial charge in [-0.1, -0.05) is 36.4 Å². The van der Waals surface area contributed by atoms with Crippen LogP contribution in [-0.2, 0) is 18.0 Å². The van der Waals surface area contributed by atoms with E-state index in [4.69, 9.17) is 4.74 Å². The zero-order valence-electron chi connectivity index (χ0n) is 12.6. The fourth-order valence-electron chi connectivity index (χ4n) is 2.49. The minimum absolute atomic E-state index is 0.0796. The average Bonchev–Trinajstić information content (AvgIpc) is 3.10. The van der Waals surface area contributed by atoms with Gasteiger partial charge in [0.05, 0.1) is 24.7 Å². The summed E-state index contributed by atoms with van der Waals surface area (Å²) in [6, 6.07) is 14.5. The van der Waals surface area contributed by atoms with Crippen LogP contribution in [0.25, 0.3) is 0 Å². The Morgan fingerprint density at radius 3 is 2.83 bits per heavy atom. The van der Waals surface area contributed by atoms with E-state index in [1.54, 1.807) is 6.07 Å². The molecule has 0 aliphatic carbocycles. The Hall–Kier alpha value is -2.73. The molecule has 0 saturated carbocycles. The molecule has 118 valence electrons. The van der Waals surface area contributed by atoms with Gasteiger partial charge in [0.15, 0.2) is 0 Å². The van der Waals surface area contributed by atoms with E-state index in [1.807, 2.05) is 30.3 Å². The Morgan fingerprint density at radius 2 is 2.04 bits per heavy atom. The third-order valence-corrected chi connectivity index (χ3v) is 3.59. The van der Waals surface area contributed by atoms with Gasteiger partial charge in [0, 0.05) is 24.2 Å². The predicted molar refractivity (Wildman–Crippen MR) is 87.4 cm³/mol. The van der Waals surface area contributed by atoms with Crippen LogP contribution < -0.4 is 5.32 Å². The Morgan fingerprint density at radius 1 is 1.17 bits per heavy atom. The van der Waals surface area contributed by atoms with E-state index in [0.717, 1.165) is 35.6 Å². The number of benzene rings is 2. The SMILES string of the molecule is O=[N+]([O-])c1cccc(COCc2ccccc2C2=NCCN2)c1. The first-order chi connectivity index (χ1) is 11.2. The second kappa shape index (κ2) is 7.02. The number of nitrogens with one attached hydrogen (secondary N) is 1. The van der Waals surface area contributed by atoms with E-state index >= 15 is 0 Å². The molecule has 0 saturated heterocycles. The number of non-ortho nitro benzene ring substituents is 1. The van der Waals surface area contributed by atoms with Gasteiger partial charge in [0.25, 0.3) is 5.69 Å². The molecule has 1 aliphatic heterocycles. The summed E-state index contributed by atoms with van der Waals surface area (Å²) < 4.78 is 5.74. The van der Waals surface area contributed by atoms with Crippen molar-refractivity contribution >= 4 is 11.5 Å². The number of rotatable bonds is 6. The maximum absolute atomic E-state index is 10.8. The zero-order chi connectivity index (χ0) is 16.1. The van der Waals surface area contributed by atoms with Gasteiger partial charge >= 0.3 is 0 Å². The molecular weight excluding hydrogens is 294 g/mol. The predicted octanol–water partition coefficient (Wildman–Crippen LogP) is 2.66. The molecule has 0 atom stereocenters. The van der Waals surface area contributed by atoms with E-state index in [9.17, 15) is 10.1 Å². The van der Waals surface area contributed by atoms with Crippen molar-refractivity contribution in [3.8, 4) is 0 Å². The van der Waals surface area contributed by atoms with Gasteiger partial charge in [-0.3, -0.25) is 15.1 Å². The molecule has 6 heteroatoms. The fraction of sp³-hybridized carbons (Fsp3) is 0.235. The lowest BCUT2D eigenvalue weighted by Crippen LogP contribution is -2.21. The molecule has 0 radical (unpaired) electrons. The zero-order valence-corrected chi connectivity index (χ0v) is 12.6. The standard InChI is InChI=1S/C17H17N3O3/c21-20(22)15-6-3-4-13(10-15)11-23-12-14-5-1-2-7-16(14)17-18-8-9-19-17/h1-7,10H,8-9,11-12H2,(H,18,19). The van der Waals surface area contributed by atoms with Crippen molar-refractivity contribution in [1.29, 1.82) is 0 Å². The highest BCUT2D eigenvalue weighted by Gasteiger charge is 2.12. The normalized spacial score (nSPS) is 13.5. The van der Waals surface area contributed by atoms with Gasteiger partial charge in [-0.2, -0.15) is 0 Å². The maximum Gasteiger partial charge on any atom is 0.269 e. The summed E-state index contributed by atoms with van der Waals surface area (Å²) in [5, 5.41) is 14.0. The monoisotopic (exact) mass is 311 g/mol. The first-order valence-corrected chi connectivity index (χ1v) is 7.42. The van der Waals surface area contributed by atoms with Gasteiger partial charge in [0.1, 0.15) is 5.84 Å². The molecule has 0 spiro atoms. The average molecular weight is 311 g/mol. The highest BCUT2D eigenvalue weighted by Crippen LogP contribution is 2.16. The van der Waals surface area contributed by atoms with E-state index < -0.39 is 4.92 Å². The van der Waals surface area contributed by atoms with Crippen LogP contribution in [0.3, 0.4) is 0 Å². The number of nitrogens with zero attached hydrogens (tertiary/aromatic N) is 2. The van der Waals surface area contributed by atoms with E-state index in [1.165, 1.54) is 12.1 Å². The van der Waals surface area contributed by atoms with Crippen LogP contribution in [0.4, 0.5) is 5.69 Å². The van der Waals surface area contributed by atoms with E-state index in [0.29, 0.717) is 13.2 Å². The second-order valence-electron chi connectivity index (χ2n) is 5.23. The Bertz CT molecular complexity index is 743. The minimum atomic E-state index is -0.400. The molecule has 1 N–H and O–H groups in total. The third kappa shape index (κ3) is 3.73. The third-order valence-electron chi connectivity index (χ3n) is 3.59. The van der Waals surface area contributed by atoms with Crippen LogP contribution in [0.2, 0.25) is 0 Å². The summed E-state index contributed by atoms with van der Waals surface area (Å²) in [7, 11) is 0. The second-order valence-corrected chi connectivity index (χ2v) is 5.23. The molecule has 0 bridgehead atoms. The number of hydrogen-bond donors (Lipinski definition) is 1. The quantitative estimate of drug-likeness (QED) is 0.657. The van der Waals surface area contributed by atoms with Crippen LogP contribution in [0.1, 0.15) is 16.7 Å². The number of amidine groups is 1. The van der Waals surface area contributed by atoms with Gasteiger partial charge < -0.3 is 10.1 Å². The van der Waals surface area contributed by atoms with Crippen molar-refractivity contribution in [2.75, 3.05) is 13.1 Å². The number of hydrogen-bond acceptors (Lipinski definition) is 5. The maximum atomic E-state index is 10.8. The van der Waals surface area contributed by atoms with Crippen molar-refractivity contribution in [3.05, 3.63) is 75.3 Å². The minimum Gasteiger partial charge on any atom is -0.372 e. The van der Waals surface area contributed by atoms with E-state index in [-0.39, 0.29) is 5.69 Å². The molecular formula is C17H17N3O3. The Kier molecular flexibility index (Phi) is 4.63. The first-order valence-electron chi connectivity index (χ1n) is 7.42. The smallest absolute Gasteiger partial charge is 0.269 e. The van der Waals surface area contributed by atoms with Crippen molar-refractivity contribution in [1.82, 2.24) is 5.32 Å². The van der Waals surface area contributed by atoms with Crippen molar-refractivity contribution in [3.63, 3.8) is 0 Å². The molecule has 0 fully saturated rings. The molecule has 2 aromatic rings. The highest BCUT2D eigenvalue weighted by atomic mass is 16.6. The summed E-state index contributed by atoms with van der Waals surface area (Å²) in [6.07, 6.45) is 0. The Labute approximate surface area is 134 Å². The molecule has 1 heterocycles. The first kappa shape index (κ1) is 15.2. The molecule has 1 aliphatic rings. The van der Waals surface area contributed by atoms with Crippen LogP contribution >= 0.6 is 0 Å². The lowest BCUT2D eigenvalue weighted by Gasteiger charge is -2.10. The number of nitro benzene ring substituents is 1. The number of ether oxygens (including phenoxy) is 1. The molecule has 2 aromatic carbocycles. The van der Waals surface area contributed by atoms with Gasteiger partial charge in [-0.05, 0) is 11.1 Å². The highest BCUT2D eigenvalue weighted by molar-refractivity contribution is 6.00. The lowest BCUT2D eigenvalue weighted by atomic mass is 10.1. The van der Waals surface area contributed by atoms with E-state index in [2.05, 4.69) is 10.3 Å². The largest absolute Gasteiger partial charge is 0.372 e. The van der Waals surface area contributed by atoms with Crippen LogP contribution in [-0.4, -0.2) is 23.8 Å². The van der Waals surface area contributed by atoms with Crippen LogP contribution in [0.5, 0.6) is 0 Å². The summed E-state index contributed by atoms with van der Waals surface area (Å²) >= 11 is 0. The molecule has 3 rings (SSSR count). The topological polar surface area (TPSA) is 76.8 Å². The van der Waals surface area contributed by atoms with Crippen LogP contribution in [0.15, 0.2) is 53.5 Å². The molecule has 0 unspecified atom stereocenters. The van der Waals surface area contributed by atoms with Gasteiger partial charge in [0.2, 0.25) is 0 Å². The van der Waals surface area contributed by atoms with Crippen molar-refractivity contribution < 1.29 is 9.66 Å². The molecule has 23 heavy (non-hydrogen) atoms. The number of aliphatic imine (C=N–C) groups is 1. The number of nitro groups is 1.